The van der Waals surface area contributed by atoms with E-state index in [1.165, 1.54) is 6.07 Å². The first-order valence-electron chi connectivity index (χ1n) is 7.64. The van der Waals surface area contributed by atoms with E-state index >= 15 is 0 Å². The minimum absolute atomic E-state index is 0.00281. The molecule has 0 spiro atoms. The summed E-state index contributed by atoms with van der Waals surface area (Å²) >= 11 is 0. The molecule has 2 rings (SSSR count). The number of ether oxygens (including phenoxy) is 2. The monoisotopic (exact) mass is 317 g/mol. The zero-order valence-electron chi connectivity index (χ0n) is 12.9. The third-order valence-electron chi connectivity index (χ3n) is 3.60. The SMILES string of the molecule is CCCOc1cc(C(F)(F)F)ccc1OC1CCNC(C)C1. The van der Waals surface area contributed by atoms with E-state index < -0.39 is 11.7 Å². The van der Waals surface area contributed by atoms with Gasteiger partial charge in [0.15, 0.2) is 11.5 Å². The fourth-order valence-electron chi connectivity index (χ4n) is 2.48. The quantitative estimate of drug-likeness (QED) is 0.890. The summed E-state index contributed by atoms with van der Waals surface area (Å²) in [7, 11) is 0. The first kappa shape index (κ1) is 16.9. The normalized spacial score (nSPS) is 22.4. The summed E-state index contributed by atoms with van der Waals surface area (Å²) < 4.78 is 49.8. The molecular formula is C16H22F3NO2. The number of benzene rings is 1. The lowest BCUT2D eigenvalue weighted by molar-refractivity contribution is -0.137. The van der Waals surface area contributed by atoms with E-state index in [0.29, 0.717) is 18.4 Å². The molecule has 1 saturated heterocycles. The second-order valence-corrected chi connectivity index (χ2v) is 5.63. The van der Waals surface area contributed by atoms with Crippen molar-refractivity contribution in [1.82, 2.24) is 5.32 Å². The highest BCUT2D eigenvalue weighted by Crippen LogP contribution is 2.37. The number of halogens is 3. The first-order valence-corrected chi connectivity index (χ1v) is 7.64. The van der Waals surface area contributed by atoms with Crippen LogP contribution in [0.2, 0.25) is 0 Å². The molecule has 1 aromatic carbocycles. The van der Waals surface area contributed by atoms with Gasteiger partial charge in [-0.25, -0.2) is 0 Å². The van der Waals surface area contributed by atoms with Gasteiger partial charge in [0.2, 0.25) is 0 Å². The van der Waals surface area contributed by atoms with Crippen LogP contribution >= 0.6 is 0 Å². The third-order valence-corrected chi connectivity index (χ3v) is 3.60. The fraction of sp³-hybridized carbons (Fsp3) is 0.625. The molecule has 1 heterocycles. The van der Waals surface area contributed by atoms with Gasteiger partial charge in [0.1, 0.15) is 6.10 Å². The molecule has 0 saturated carbocycles. The van der Waals surface area contributed by atoms with Gasteiger partial charge in [-0.2, -0.15) is 13.2 Å². The number of nitrogens with one attached hydrogen (secondary N) is 1. The summed E-state index contributed by atoms with van der Waals surface area (Å²) in [6, 6.07) is 3.77. The maximum Gasteiger partial charge on any atom is 0.416 e. The van der Waals surface area contributed by atoms with Crippen LogP contribution in [0.1, 0.15) is 38.7 Å². The molecule has 1 fully saturated rings. The molecule has 2 unspecified atom stereocenters. The van der Waals surface area contributed by atoms with Crippen molar-refractivity contribution in [3.8, 4) is 11.5 Å². The molecule has 1 aromatic rings. The van der Waals surface area contributed by atoms with Crippen molar-refractivity contribution < 1.29 is 22.6 Å². The van der Waals surface area contributed by atoms with Crippen LogP contribution in [0.5, 0.6) is 11.5 Å². The van der Waals surface area contributed by atoms with E-state index in [4.69, 9.17) is 9.47 Å². The Morgan fingerprint density at radius 1 is 1.27 bits per heavy atom. The Balaban J connectivity index is 2.17. The van der Waals surface area contributed by atoms with Crippen LogP contribution in [0.3, 0.4) is 0 Å². The Kier molecular flexibility index (Phi) is 5.56. The molecule has 0 aromatic heterocycles. The second kappa shape index (κ2) is 7.22. The average Bonchev–Trinajstić information content (AvgIpc) is 2.45. The van der Waals surface area contributed by atoms with Gasteiger partial charge in [0.05, 0.1) is 12.2 Å². The lowest BCUT2D eigenvalue weighted by atomic mass is 10.0. The molecule has 3 nitrogen and oxygen atoms in total. The highest BCUT2D eigenvalue weighted by molar-refractivity contribution is 5.44. The van der Waals surface area contributed by atoms with E-state index in [1.54, 1.807) is 0 Å². The summed E-state index contributed by atoms with van der Waals surface area (Å²) in [4.78, 5) is 0. The van der Waals surface area contributed by atoms with E-state index in [2.05, 4.69) is 12.2 Å². The topological polar surface area (TPSA) is 30.5 Å². The van der Waals surface area contributed by atoms with Gasteiger partial charge in [-0.05, 0) is 50.9 Å². The van der Waals surface area contributed by atoms with Crippen molar-refractivity contribution in [2.45, 2.75) is 51.4 Å². The van der Waals surface area contributed by atoms with Crippen LogP contribution in [-0.2, 0) is 6.18 Å². The summed E-state index contributed by atoms with van der Waals surface area (Å²) in [5.41, 5.74) is -0.718. The number of alkyl halides is 3. The summed E-state index contributed by atoms with van der Waals surface area (Å²) in [6.07, 6.45) is -2.00. The Bertz CT molecular complexity index is 491. The number of hydrogen-bond donors (Lipinski definition) is 1. The highest BCUT2D eigenvalue weighted by atomic mass is 19.4. The van der Waals surface area contributed by atoms with Crippen molar-refractivity contribution in [3.05, 3.63) is 23.8 Å². The first-order chi connectivity index (χ1) is 10.4. The van der Waals surface area contributed by atoms with Crippen LogP contribution in [0.4, 0.5) is 13.2 Å². The summed E-state index contributed by atoms with van der Waals surface area (Å²) in [5, 5.41) is 3.32. The van der Waals surface area contributed by atoms with E-state index in [9.17, 15) is 13.2 Å². The zero-order chi connectivity index (χ0) is 16.2. The van der Waals surface area contributed by atoms with Crippen molar-refractivity contribution in [2.75, 3.05) is 13.2 Å². The summed E-state index contributed by atoms with van der Waals surface area (Å²) in [5.74, 6) is 0.559. The van der Waals surface area contributed by atoms with Crippen molar-refractivity contribution in [3.63, 3.8) is 0 Å². The van der Waals surface area contributed by atoms with Crippen LogP contribution in [0.15, 0.2) is 18.2 Å². The molecule has 1 aliphatic rings. The van der Waals surface area contributed by atoms with Crippen molar-refractivity contribution >= 4 is 0 Å². The maximum atomic E-state index is 12.8. The smallest absolute Gasteiger partial charge is 0.416 e. The van der Waals surface area contributed by atoms with Gasteiger partial charge >= 0.3 is 6.18 Å². The number of hydrogen-bond acceptors (Lipinski definition) is 3. The number of piperidine rings is 1. The van der Waals surface area contributed by atoms with E-state index in [1.807, 2.05) is 6.92 Å². The molecule has 6 heteroatoms. The van der Waals surface area contributed by atoms with E-state index in [-0.39, 0.29) is 11.9 Å². The molecule has 124 valence electrons. The number of rotatable bonds is 5. The molecular weight excluding hydrogens is 295 g/mol. The van der Waals surface area contributed by atoms with Crippen LogP contribution in [0, 0.1) is 0 Å². The molecule has 2 atom stereocenters. The molecule has 1 N–H and O–H groups in total. The largest absolute Gasteiger partial charge is 0.490 e. The Labute approximate surface area is 128 Å². The molecule has 0 bridgehead atoms. The van der Waals surface area contributed by atoms with Gasteiger partial charge in [-0.3, -0.25) is 0 Å². The van der Waals surface area contributed by atoms with Crippen LogP contribution in [0.25, 0.3) is 0 Å². The van der Waals surface area contributed by atoms with E-state index in [0.717, 1.165) is 37.9 Å². The average molecular weight is 317 g/mol. The van der Waals surface area contributed by atoms with Gasteiger partial charge in [0.25, 0.3) is 0 Å². The summed E-state index contributed by atoms with van der Waals surface area (Å²) in [6.45, 7) is 5.18. The predicted octanol–water partition coefficient (Wildman–Crippen LogP) is 4.01. The van der Waals surface area contributed by atoms with Crippen LogP contribution in [-0.4, -0.2) is 25.3 Å². The van der Waals surface area contributed by atoms with Gasteiger partial charge in [0, 0.05) is 6.04 Å². The van der Waals surface area contributed by atoms with Gasteiger partial charge < -0.3 is 14.8 Å². The fourth-order valence-corrected chi connectivity index (χ4v) is 2.48. The van der Waals surface area contributed by atoms with Gasteiger partial charge in [-0.1, -0.05) is 6.92 Å². The molecule has 0 amide bonds. The second-order valence-electron chi connectivity index (χ2n) is 5.63. The standard InChI is InChI=1S/C16H22F3NO2/c1-3-8-21-15-10-12(16(17,18)19)4-5-14(15)22-13-6-7-20-11(2)9-13/h4-5,10-11,13,20H,3,6-9H2,1-2H3. The Morgan fingerprint density at radius 2 is 2.05 bits per heavy atom. The van der Waals surface area contributed by atoms with Crippen molar-refractivity contribution in [2.24, 2.45) is 0 Å². The predicted molar refractivity (Wildman–Crippen MR) is 78.3 cm³/mol. The molecule has 0 radical (unpaired) electrons. The third kappa shape index (κ3) is 4.53. The molecule has 22 heavy (non-hydrogen) atoms. The zero-order valence-corrected chi connectivity index (χ0v) is 12.9. The van der Waals surface area contributed by atoms with Crippen molar-refractivity contribution in [1.29, 1.82) is 0 Å². The Morgan fingerprint density at radius 3 is 2.68 bits per heavy atom. The highest BCUT2D eigenvalue weighted by Gasteiger charge is 2.32. The van der Waals surface area contributed by atoms with Gasteiger partial charge in [-0.15, -0.1) is 0 Å². The lowest BCUT2D eigenvalue weighted by Gasteiger charge is -2.29. The Hall–Kier alpha value is -1.43. The maximum absolute atomic E-state index is 12.8. The lowest BCUT2D eigenvalue weighted by Crippen LogP contribution is -2.40. The minimum atomic E-state index is -4.38. The molecule has 1 aliphatic heterocycles. The molecule has 0 aliphatic carbocycles. The van der Waals surface area contributed by atoms with Crippen LogP contribution < -0.4 is 14.8 Å². The minimum Gasteiger partial charge on any atom is -0.490 e.